The molecule has 0 saturated carbocycles. The van der Waals surface area contributed by atoms with Crippen molar-refractivity contribution in [3.8, 4) is 5.75 Å². The second kappa shape index (κ2) is 9.55. The van der Waals surface area contributed by atoms with Crippen molar-refractivity contribution < 1.29 is 23.8 Å². The van der Waals surface area contributed by atoms with E-state index in [-0.39, 0.29) is 35.9 Å². The predicted octanol–water partition coefficient (Wildman–Crippen LogP) is 5.41. The van der Waals surface area contributed by atoms with Gasteiger partial charge in [-0.15, -0.1) is 0 Å². The Morgan fingerprint density at radius 2 is 1.85 bits per heavy atom. The van der Waals surface area contributed by atoms with E-state index in [1.165, 1.54) is 0 Å². The number of nitrogens with two attached hydrogens (primary N) is 1. The van der Waals surface area contributed by atoms with Crippen molar-refractivity contribution in [1.29, 1.82) is 0 Å². The Kier molecular flexibility index (Phi) is 6.71. The van der Waals surface area contributed by atoms with E-state index in [0.717, 1.165) is 5.56 Å². The lowest BCUT2D eigenvalue weighted by Gasteiger charge is -2.38. The van der Waals surface area contributed by atoms with Crippen LogP contribution in [0.5, 0.6) is 5.75 Å². The Balaban J connectivity index is 1.81. The van der Waals surface area contributed by atoms with Crippen molar-refractivity contribution in [2.24, 2.45) is 11.1 Å². The van der Waals surface area contributed by atoms with Gasteiger partial charge in [-0.3, -0.25) is 4.79 Å². The number of ether oxygens (including phenoxy) is 3. The molecule has 1 heterocycles. The fourth-order valence-electron chi connectivity index (χ4n) is 4.52. The number of benzene rings is 2. The highest BCUT2D eigenvalue weighted by Gasteiger charge is 2.45. The Morgan fingerprint density at radius 1 is 1.15 bits per heavy atom. The summed E-state index contributed by atoms with van der Waals surface area (Å²) >= 11 is 6.30. The van der Waals surface area contributed by atoms with Gasteiger partial charge in [0.2, 0.25) is 5.88 Å². The third kappa shape index (κ3) is 4.68. The maximum atomic E-state index is 13.4. The molecule has 0 fully saturated rings. The molecule has 1 atom stereocenters. The van der Waals surface area contributed by atoms with Crippen LogP contribution >= 0.6 is 11.6 Å². The number of esters is 1. The summed E-state index contributed by atoms with van der Waals surface area (Å²) in [6.45, 7) is 6.12. The molecule has 2 aromatic rings. The number of rotatable bonds is 6. The third-order valence-electron chi connectivity index (χ3n) is 6.02. The molecule has 34 heavy (non-hydrogen) atoms. The zero-order valence-electron chi connectivity index (χ0n) is 19.5. The molecule has 1 aliphatic heterocycles. The van der Waals surface area contributed by atoms with Gasteiger partial charge in [-0.05, 0) is 24.5 Å². The van der Waals surface area contributed by atoms with Crippen LogP contribution in [0.3, 0.4) is 0 Å². The minimum Gasteiger partial charge on any atom is -0.489 e. The highest BCUT2D eigenvalue weighted by molar-refractivity contribution is 6.31. The van der Waals surface area contributed by atoms with Crippen molar-refractivity contribution in [3.05, 3.63) is 87.5 Å². The first-order valence-electron chi connectivity index (χ1n) is 11.3. The second-order valence-corrected chi connectivity index (χ2v) is 9.64. The molecule has 0 radical (unpaired) electrons. The van der Waals surface area contributed by atoms with Crippen LogP contribution in [0.1, 0.15) is 50.7 Å². The molecule has 2 N–H and O–H groups in total. The normalized spacial score (nSPS) is 19.4. The monoisotopic (exact) mass is 481 g/mol. The lowest BCUT2D eigenvalue weighted by Crippen LogP contribution is -2.35. The zero-order chi connectivity index (χ0) is 24.5. The van der Waals surface area contributed by atoms with E-state index in [9.17, 15) is 9.59 Å². The van der Waals surface area contributed by atoms with Crippen LogP contribution in [0.25, 0.3) is 0 Å². The molecule has 178 valence electrons. The Morgan fingerprint density at radius 3 is 2.59 bits per heavy atom. The molecule has 6 nitrogen and oxygen atoms in total. The van der Waals surface area contributed by atoms with Gasteiger partial charge in [0, 0.05) is 34.6 Å². The zero-order valence-corrected chi connectivity index (χ0v) is 20.3. The topological polar surface area (TPSA) is 87.9 Å². The largest absolute Gasteiger partial charge is 0.489 e. The van der Waals surface area contributed by atoms with E-state index < -0.39 is 11.9 Å². The van der Waals surface area contributed by atoms with E-state index in [1.54, 1.807) is 19.1 Å². The Bertz CT molecular complexity index is 1200. The average molecular weight is 482 g/mol. The van der Waals surface area contributed by atoms with Gasteiger partial charge in [0.15, 0.2) is 5.78 Å². The summed E-state index contributed by atoms with van der Waals surface area (Å²) in [4.78, 5) is 26.4. The first kappa shape index (κ1) is 23.9. The average Bonchev–Trinajstić information content (AvgIpc) is 2.77. The number of ketones is 1. The van der Waals surface area contributed by atoms with Crippen LogP contribution in [0.4, 0.5) is 0 Å². The van der Waals surface area contributed by atoms with Gasteiger partial charge in [0.1, 0.15) is 23.7 Å². The van der Waals surface area contributed by atoms with Gasteiger partial charge in [0.25, 0.3) is 0 Å². The van der Waals surface area contributed by atoms with Crippen molar-refractivity contribution in [2.75, 3.05) is 6.61 Å². The van der Waals surface area contributed by atoms with Crippen LogP contribution in [0, 0.1) is 5.41 Å². The number of carbonyl (C=O) groups is 2. The molecular weight excluding hydrogens is 454 g/mol. The standard InChI is InChI=1S/C27H28ClNO5/c1-4-32-26(31)24-22(23-19(30)13-27(2,3)14-21(23)34-25(24)29)17-10-6-8-12-20(17)33-15-16-9-5-7-11-18(16)28/h5-12,22H,4,13-15,29H2,1-3H3. The van der Waals surface area contributed by atoms with E-state index >= 15 is 0 Å². The van der Waals surface area contributed by atoms with Crippen LogP contribution in [0.15, 0.2) is 71.3 Å². The summed E-state index contributed by atoms with van der Waals surface area (Å²) in [5.74, 6) is -0.477. The number of hydrogen-bond donors (Lipinski definition) is 1. The first-order chi connectivity index (χ1) is 16.2. The molecule has 0 spiro atoms. The maximum Gasteiger partial charge on any atom is 0.340 e. The minimum absolute atomic E-state index is 0.0476. The fourth-order valence-corrected chi connectivity index (χ4v) is 4.72. The molecule has 2 aliphatic rings. The van der Waals surface area contributed by atoms with Gasteiger partial charge in [0.05, 0.1) is 12.5 Å². The van der Waals surface area contributed by atoms with E-state index in [0.29, 0.717) is 40.5 Å². The number of Topliss-reactive ketones (excluding diaryl/α,β-unsaturated/α-hetero) is 1. The predicted molar refractivity (Wildman–Crippen MR) is 129 cm³/mol. The van der Waals surface area contributed by atoms with Crippen LogP contribution in [-0.4, -0.2) is 18.4 Å². The second-order valence-electron chi connectivity index (χ2n) is 9.23. The smallest absolute Gasteiger partial charge is 0.340 e. The summed E-state index contributed by atoms with van der Waals surface area (Å²) in [6, 6.07) is 14.7. The molecule has 2 aromatic carbocycles. The minimum atomic E-state index is -0.756. The molecule has 4 rings (SSSR count). The highest BCUT2D eigenvalue weighted by Crippen LogP contribution is 2.50. The summed E-state index contributed by atoms with van der Waals surface area (Å²) in [5, 5.41) is 0.595. The number of hydrogen-bond acceptors (Lipinski definition) is 6. The molecule has 0 bridgehead atoms. The molecule has 0 saturated heterocycles. The number of carbonyl (C=O) groups excluding carboxylic acids is 2. The quantitative estimate of drug-likeness (QED) is 0.555. The fraction of sp³-hybridized carbons (Fsp3) is 0.333. The van der Waals surface area contributed by atoms with E-state index in [2.05, 4.69) is 0 Å². The van der Waals surface area contributed by atoms with Crippen LogP contribution < -0.4 is 10.5 Å². The molecule has 0 aromatic heterocycles. The molecule has 1 unspecified atom stereocenters. The molecular formula is C27H28ClNO5. The van der Waals surface area contributed by atoms with Crippen LogP contribution in [-0.2, 0) is 25.7 Å². The van der Waals surface area contributed by atoms with Gasteiger partial charge in [-0.25, -0.2) is 4.79 Å². The van der Waals surface area contributed by atoms with E-state index in [4.69, 9.17) is 31.5 Å². The molecule has 0 amide bonds. The number of halogens is 1. The first-order valence-corrected chi connectivity index (χ1v) is 11.7. The number of allylic oxidation sites excluding steroid dienone is 2. The lowest BCUT2D eigenvalue weighted by molar-refractivity contribution is -0.139. The van der Waals surface area contributed by atoms with Crippen molar-refractivity contribution in [2.45, 2.75) is 46.1 Å². The van der Waals surface area contributed by atoms with Crippen molar-refractivity contribution >= 4 is 23.4 Å². The summed E-state index contributed by atoms with van der Waals surface area (Å²) < 4.78 is 17.3. The Labute approximate surface area is 204 Å². The van der Waals surface area contributed by atoms with Crippen molar-refractivity contribution in [3.63, 3.8) is 0 Å². The SMILES string of the molecule is CCOC(=O)C1=C(N)OC2=C(C(=O)CC(C)(C)C2)C1c1ccccc1OCc1ccccc1Cl. The van der Waals surface area contributed by atoms with Gasteiger partial charge in [-0.1, -0.05) is 61.8 Å². The summed E-state index contributed by atoms with van der Waals surface area (Å²) in [7, 11) is 0. The van der Waals surface area contributed by atoms with Crippen LogP contribution in [0.2, 0.25) is 5.02 Å². The maximum absolute atomic E-state index is 13.4. The third-order valence-corrected chi connectivity index (χ3v) is 6.39. The van der Waals surface area contributed by atoms with Gasteiger partial charge < -0.3 is 19.9 Å². The summed E-state index contributed by atoms with van der Waals surface area (Å²) in [6.07, 6.45) is 0.869. The summed E-state index contributed by atoms with van der Waals surface area (Å²) in [5.41, 5.74) is 8.00. The molecule has 7 heteroatoms. The highest BCUT2D eigenvalue weighted by atomic mass is 35.5. The van der Waals surface area contributed by atoms with Crippen molar-refractivity contribution in [1.82, 2.24) is 0 Å². The number of para-hydroxylation sites is 1. The molecule has 1 aliphatic carbocycles. The van der Waals surface area contributed by atoms with Gasteiger partial charge in [-0.2, -0.15) is 0 Å². The van der Waals surface area contributed by atoms with E-state index in [1.807, 2.05) is 50.2 Å². The Hall–Kier alpha value is -3.25. The lowest BCUT2D eigenvalue weighted by atomic mass is 9.70. The van der Waals surface area contributed by atoms with Gasteiger partial charge >= 0.3 is 5.97 Å².